The van der Waals surface area contributed by atoms with Crippen LogP contribution in [0, 0.1) is 5.92 Å². The number of likely N-dealkylation sites (N-methyl/N-ethyl adjacent to an activating group) is 1. The van der Waals surface area contributed by atoms with Gasteiger partial charge in [-0.15, -0.1) is 0 Å². The number of carboxylic acid groups (broad SMARTS) is 1. The molecule has 35 heavy (non-hydrogen) atoms. The van der Waals surface area contributed by atoms with E-state index in [2.05, 4.69) is 29.6 Å². The molecule has 0 heterocycles. The summed E-state index contributed by atoms with van der Waals surface area (Å²) in [5, 5.41) is 12.8. The Balaban J connectivity index is 1.23. The lowest BCUT2D eigenvalue weighted by molar-refractivity contribution is -0.159. The average molecular weight is 477 g/mol. The summed E-state index contributed by atoms with van der Waals surface area (Å²) >= 11 is 0. The standard InChI is InChI=1S/C28H32N2O5/c1-30(28(26(32)33)15-6-7-16-28)25(31)22-13-8-14-24(22)29-27(34)35-17-23-20-11-4-2-9-18(20)19-10-3-5-12-21(19)23/h2-5,9-12,22-24H,6-8,13-17H2,1H3,(H,29,34)(H,32,33). The summed E-state index contributed by atoms with van der Waals surface area (Å²) in [4.78, 5) is 39.6. The molecule has 2 aromatic carbocycles. The lowest BCUT2D eigenvalue weighted by Crippen LogP contribution is -2.56. The first-order valence-corrected chi connectivity index (χ1v) is 12.5. The maximum absolute atomic E-state index is 13.3. The largest absolute Gasteiger partial charge is 0.479 e. The Morgan fingerprint density at radius 2 is 1.57 bits per heavy atom. The number of hydrogen-bond donors (Lipinski definition) is 2. The number of alkyl carbamates (subject to hydrolysis) is 1. The molecule has 2 fully saturated rings. The van der Waals surface area contributed by atoms with Crippen molar-refractivity contribution in [1.29, 1.82) is 0 Å². The Bertz CT molecular complexity index is 1090. The molecule has 2 unspecified atom stereocenters. The molecule has 7 nitrogen and oxygen atoms in total. The number of carbonyl (C=O) groups excluding carboxylic acids is 2. The van der Waals surface area contributed by atoms with E-state index in [4.69, 9.17) is 4.74 Å². The Morgan fingerprint density at radius 3 is 2.17 bits per heavy atom. The number of nitrogens with zero attached hydrogens (tertiary/aromatic N) is 1. The number of carboxylic acids is 1. The number of rotatable bonds is 6. The SMILES string of the molecule is CN(C(=O)C1CCCC1NC(=O)OCC1c2ccccc2-c2ccccc21)C1(C(=O)O)CCCC1. The van der Waals surface area contributed by atoms with E-state index in [-0.39, 0.29) is 24.5 Å². The molecule has 0 bridgehead atoms. The molecule has 0 spiro atoms. The molecule has 0 saturated heterocycles. The second kappa shape index (κ2) is 9.36. The van der Waals surface area contributed by atoms with Crippen molar-refractivity contribution < 1.29 is 24.2 Å². The van der Waals surface area contributed by atoms with Gasteiger partial charge in [0, 0.05) is 19.0 Å². The third kappa shape index (κ3) is 4.07. The van der Waals surface area contributed by atoms with Crippen molar-refractivity contribution in [3.63, 3.8) is 0 Å². The fourth-order valence-electron chi connectivity index (χ4n) is 6.33. The van der Waals surface area contributed by atoms with E-state index in [0.717, 1.165) is 30.4 Å². The molecule has 184 valence electrons. The van der Waals surface area contributed by atoms with Gasteiger partial charge in [-0.1, -0.05) is 67.8 Å². The van der Waals surface area contributed by atoms with Crippen LogP contribution in [0.25, 0.3) is 11.1 Å². The second-order valence-corrected chi connectivity index (χ2v) is 10.1. The van der Waals surface area contributed by atoms with Crippen molar-refractivity contribution in [1.82, 2.24) is 10.2 Å². The van der Waals surface area contributed by atoms with E-state index >= 15 is 0 Å². The number of benzene rings is 2. The molecule has 3 aliphatic carbocycles. The number of nitrogens with one attached hydrogen (secondary N) is 1. The van der Waals surface area contributed by atoms with Gasteiger partial charge in [0.25, 0.3) is 0 Å². The first-order valence-electron chi connectivity index (χ1n) is 12.5. The van der Waals surface area contributed by atoms with E-state index in [1.54, 1.807) is 7.05 Å². The summed E-state index contributed by atoms with van der Waals surface area (Å²) < 4.78 is 5.68. The molecular formula is C28H32N2O5. The van der Waals surface area contributed by atoms with Gasteiger partial charge in [0.2, 0.25) is 5.91 Å². The Hall–Kier alpha value is -3.35. The van der Waals surface area contributed by atoms with Crippen LogP contribution < -0.4 is 5.32 Å². The number of aliphatic carboxylic acids is 1. The van der Waals surface area contributed by atoms with E-state index in [1.807, 2.05) is 24.3 Å². The molecule has 2 saturated carbocycles. The van der Waals surface area contributed by atoms with Crippen LogP contribution in [0.3, 0.4) is 0 Å². The number of amides is 2. The molecule has 5 rings (SSSR count). The van der Waals surface area contributed by atoms with Gasteiger partial charge in [-0.3, -0.25) is 4.79 Å². The molecule has 2 N–H and O–H groups in total. The van der Waals surface area contributed by atoms with Gasteiger partial charge >= 0.3 is 12.1 Å². The molecule has 2 aromatic rings. The van der Waals surface area contributed by atoms with E-state index in [1.165, 1.54) is 16.0 Å². The normalized spacial score (nSPS) is 22.3. The zero-order valence-corrected chi connectivity index (χ0v) is 20.0. The predicted molar refractivity (Wildman–Crippen MR) is 131 cm³/mol. The third-order valence-electron chi connectivity index (χ3n) is 8.28. The Kier molecular flexibility index (Phi) is 6.26. The van der Waals surface area contributed by atoms with Crippen molar-refractivity contribution in [2.75, 3.05) is 13.7 Å². The average Bonchev–Trinajstić information content (AvgIpc) is 3.60. The molecule has 0 aliphatic heterocycles. The third-order valence-corrected chi connectivity index (χ3v) is 8.28. The van der Waals surface area contributed by atoms with Crippen LogP contribution in [-0.2, 0) is 14.3 Å². The van der Waals surface area contributed by atoms with Gasteiger partial charge in [-0.2, -0.15) is 0 Å². The molecule has 2 amide bonds. The minimum Gasteiger partial charge on any atom is -0.479 e. The first-order chi connectivity index (χ1) is 16.9. The van der Waals surface area contributed by atoms with Gasteiger partial charge in [0.05, 0.1) is 5.92 Å². The smallest absolute Gasteiger partial charge is 0.407 e. The summed E-state index contributed by atoms with van der Waals surface area (Å²) in [6.07, 6.45) is 4.13. The topological polar surface area (TPSA) is 95.9 Å². The number of ether oxygens (including phenoxy) is 1. The van der Waals surface area contributed by atoms with E-state index < -0.39 is 23.5 Å². The van der Waals surface area contributed by atoms with Gasteiger partial charge in [0.1, 0.15) is 12.1 Å². The maximum atomic E-state index is 13.3. The Labute approximate surface area is 205 Å². The van der Waals surface area contributed by atoms with Crippen LogP contribution in [-0.4, -0.2) is 53.2 Å². The lowest BCUT2D eigenvalue weighted by Gasteiger charge is -2.37. The molecule has 3 aliphatic rings. The van der Waals surface area contributed by atoms with Crippen LogP contribution >= 0.6 is 0 Å². The van der Waals surface area contributed by atoms with Crippen molar-refractivity contribution in [2.24, 2.45) is 5.92 Å². The molecule has 7 heteroatoms. The zero-order chi connectivity index (χ0) is 24.6. The van der Waals surface area contributed by atoms with Crippen LogP contribution in [0.2, 0.25) is 0 Å². The predicted octanol–water partition coefficient (Wildman–Crippen LogP) is 4.55. The number of hydrogen-bond acceptors (Lipinski definition) is 4. The quantitative estimate of drug-likeness (QED) is 0.638. The summed E-state index contributed by atoms with van der Waals surface area (Å²) in [5.41, 5.74) is 3.50. The van der Waals surface area contributed by atoms with Gasteiger partial charge < -0.3 is 20.1 Å². The highest BCUT2D eigenvalue weighted by atomic mass is 16.5. The summed E-state index contributed by atoms with van der Waals surface area (Å²) in [5.74, 6) is -1.60. The monoisotopic (exact) mass is 476 g/mol. The molecule has 0 radical (unpaired) electrons. The summed E-state index contributed by atoms with van der Waals surface area (Å²) in [6, 6.07) is 16.0. The lowest BCUT2D eigenvalue weighted by atomic mass is 9.92. The maximum Gasteiger partial charge on any atom is 0.407 e. The highest BCUT2D eigenvalue weighted by Crippen LogP contribution is 2.44. The van der Waals surface area contributed by atoms with Gasteiger partial charge in [0.15, 0.2) is 0 Å². The first kappa shape index (κ1) is 23.4. The highest BCUT2D eigenvalue weighted by molar-refractivity contribution is 5.89. The Morgan fingerprint density at radius 1 is 0.971 bits per heavy atom. The van der Waals surface area contributed by atoms with Crippen molar-refractivity contribution >= 4 is 18.0 Å². The number of fused-ring (bicyclic) bond motifs is 3. The minimum absolute atomic E-state index is 0.0296. The summed E-state index contributed by atoms with van der Waals surface area (Å²) in [6.45, 7) is 0.215. The fourth-order valence-corrected chi connectivity index (χ4v) is 6.33. The molecule has 0 aromatic heterocycles. The van der Waals surface area contributed by atoms with Gasteiger partial charge in [-0.25, -0.2) is 9.59 Å². The zero-order valence-electron chi connectivity index (χ0n) is 20.0. The van der Waals surface area contributed by atoms with Crippen molar-refractivity contribution in [3.05, 3.63) is 59.7 Å². The highest BCUT2D eigenvalue weighted by Gasteiger charge is 2.49. The van der Waals surface area contributed by atoms with Crippen LogP contribution in [0.4, 0.5) is 4.79 Å². The number of carbonyl (C=O) groups is 3. The van der Waals surface area contributed by atoms with Crippen molar-refractivity contribution in [2.45, 2.75) is 62.4 Å². The minimum atomic E-state index is -1.13. The second-order valence-electron chi connectivity index (χ2n) is 10.1. The molecule has 2 atom stereocenters. The fraction of sp³-hybridized carbons (Fsp3) is 0.464. The van der Waals surface area contributed by atoms with Crippen molar-refractivity contribution in [3.8, 4) is 11.1 Å². The van der Waals surface area contributed by atoms with E-state index in [0.29, 0.717) is 25.7 Å². The van der Waals surface area contributed by atoms with E-state index in [9.17, 15) is 19.5 Å². The molecular weight excluding hydrogens is 444 g/mol. The van der Waals surface area contributed by atoms with Crippen LogP contribution in [0.1, 0.15) is 62.0 Å². The van der Waals surface area contributed by atoms with Crippen LogP contribution in [0.5, 0.6) is 0 Å². The summed E-state index contributed by atoms with van der Waals surface area (Å²) in [7, 11) is 1.60. The van der Waals surface area contributed by atoms with Crippen LogP contribution in [0.15, 0.2) is 48.5 Å². The van der Waals surface area contributed by atoms with Gasteiger partial charge in [-0.05, 0) is 47.9 Å².